The zero-order valence-electron chi connectivity index (χ0n) is 9.68. The molecule has 0 aliphatic rings. The first kappa shape index (κ1) is 13.2. The molecule has 0 amide bonds. The normalized spacial score (nSPS) is 11.8. The summed E-state index contributed by atoms with van der Waals surface area (Å²) in [5.74, 6) is -0.783. The Morgan fingerprint density at radius 1 is 1.42 bits per heavy atom. The van der Waals surface area contributed by atoms with Gasteiger partial charge < -0.3 is 4.74 Å². The zero-order valence-corrected chi connectivity index (χ0v) is 9.68. The monoisotopic (exact) mass is 275 g/mol. The maximum Gasteiger partial charge on any atom is 0.408 e. The van der Waals surface area contributed by atoms with E-state index in [1.54, 1.807) is 6.92 Å². The lowest BCUT2D eigenvalue weighted by molar-refractivity contribution is -0.142. The highest BCUT2D eigenvalue weighted by atomic mass is 19.4. The largest absolute Gasteiger partial charge is 0.461 e. The van der Waals surface area contributed by atoms with Gasteiger partial charge in [-0.1, -0.05) is 5.21 Å². The second kappa shape index (κ2) is 4.78. The Morgan fingerprint density at radius 3 is 2.79 bits per heavy atom. The molecule has 0 unspecified atom stereocenters. The molecule has 0 saturated carbocycles. The molecule has 102 valence electrons. The molecule has 0 atom stereocenters. The highest BCUT2D eigenvalue weighted by molar-refractivity contribution is 5.98. The molecule has 0 N–H and O–H groups in total. The molecule has 0 saturated heterocycles. The van der Waals surface area contributed by atoms with Crippen LogP contribution in [0.4, 0.5) is 13.2 Å². The molecule has 0 fully saturated rings. The molecule has 0 bridgehead atoms. The fourth-order valence-electron chi connectivity index (χ4n) is 1.42. The number of hydrogen-bond donors (Lipinski definition) is 0. The fourth-order valence-corrected chi connectivity index (χ4v) is 1.42. The van der Waals surface area contributed by atoms with E-state index in [-0.39, 0.29) is 23.5 Å². The standard InChI is InChI=1S/C9H8F3N5O2/c1-2-19-8(18)6-5-7(14-4-13-6)17(16-15-5)3-9(10,11)12/h4H,2-3H2,1H3. The second-order valence-corrected chi connectivity index (χ2v) is 3.48. The van der Waals surface area contributed by atoms with Crippen LogP contribution in [-0.4, -0.2) is 43.7 Å². The van der Waals surface area contributed by atoms with E-state index in [2.05, 4.69) is 20.3 Å². The highest BCUT2D eigenvalue weighted by Crippen LogP contribution is 2.20. The molecule has 0 aromatic carbocycles. The topological polar surface area (TPSA) is 82.8 Å². The van der Waals surface area contributed by atoms with Gasteiger partial charge in [0.15, 0.2) is 16.9 Å². The van der Waals surface area contributed by atoms with Crippen molar-refractivity contribution in [1.29, 1.82) is 0 Å². The number of carbonyl (C=O) groups excluding carboxylic acids is 1. The summed E-state index contributed by atoms with van der Waals surface area (Å²) in [5, 5.41) is 6.81. The van der Waals surface area contributed by atoms with Gasteiger partial charge in [-0.2, -0.15) is 13.2 Å². The van der Waals surface area contributed by atoms with E-state index in [1.807, 2.05) is 0 Å². The van der Waals surface area contributed by atoms with Gasteiger partial charge in [0.2, 0.25) is 0 Å². The predicted octanol–water partition coefficient (Wildman–Crippen LogP) is 0.960. The summed E-state index contributed by atoms with van der Waals surface area (Å²) in [6.45, 7) is 0.362. The molecule has 0 aliphatic heterocycles. The molecule has 2 aromatic rings. The Kier molecular flexibility index (Phi) is 3.32. The first-order valence-electron chi connectivity index (χ1n) is 5.20. The Morgan fingerprint density at radius 2 is 2.16 bits per heavy atom. The van der Waals surface area contributed by atoms with Crippen molar-refractivity contribution in [1.82, 2.24) is 25.0 Å². The van der Waals surface area contributed by atoms with Gasteiger partial charge in [-0.15, -0.1) is 5.10 Å². The Bertz CT molecular complexity index is 609. The predicted molar refractivity (Wildman–Crippen MR) is 55.1 cm³/mol. The smallest absolute Gasteiger partial charge is 0.408 e. The Labute approximate surface area is 104 Å². The quantitative estimate of drug-likeness (QED) is 0.776. The first-order chi connectivity index (χ1) is 8.92. The lowest BCUT2D eigenvalue weighted by atomic mass is 10.3. The SMILES string of the molecule is CCOC(=O)c1ncnc2c1nnn2CC(F)(F)F. The maximum atomic E-state index is 12.3. The number of esters is 1. The molecule has 2 heterocycles. The zero-order chi connectivity index (χ0) is 14.0. The van der Waals surface area contributed by atoms with E-state index in [0.29, 0.717) is 4.68 Å². The van der Waals surface area contributed by atoms with Crippen LogP contribution in [0.2, 0.25) is 0 Å². The third-order valence-corrected chi connectivity index (χ3v) is 2.10. The second-order valence-electron chi connectivity index (χ2n) is 3.48. The van der Waals surface area contributed by atoms with Gasteiger partial charge in [0.05, 0.1) is 6.61 Å². The van der Waals surface area contributed by atoms with Crippen molar-refractivity contribution >= 4 is 17.1 Å². The molecule has 2 rings (SSSR count). The number of nitrogens with zero attached hydrogens (tertiary/aromatic N) is 5. The fraction of sp³-hybridized carbons (Fsp3) is 0.444. The number of rotatable bonds is 3. The van der Waals surface area contributed by atoms with Crippen molar-refractivity contribution in [2.24, 2.45) is 0 Å². The molecule has 19 heavy (non-hydrogen) atoms. The van der Waals surface area contributed by atoms with Crippen LogP contribution in [0.3, 0.4) is 0 Å². The molecule has 7 nitrogen and oxygen atoms in total. The first-order valence-corrected chi connectivity index (χ1v) is 5.20. The molecule has 0 spiro atoms. The molecule has 10 heteroatoms. The Balaban J connectivity index is 2.45. The summed E-state index contributed by atoms with van der Waals surface area (Å²) in [6.07, 6.45) is -3.50. The van der Waals surface area contributed by atoms with Crippen LogP contribution in [0.15, 0.2) is 6.33 Å². The number of carbonyl (C=O) groups is 1. The summed E-state index contributed by atoms with van der Waals surface area (Å²) in [6, 6.07) is 0. The van der Waals surface area contributed by atoms with Crippen molar-refractivity contribution < 1.29 is 22.7 Å². The molecule has 2 aromatic heterocycles. The number of ether oxygens (including phenoxy) is 1. The average molecular weight is 275 g/mol. The number of aromatic nitrogens is 5. The average Bonchev–Trinajstić information content (AvgIpc) is 2.70. The summed E-state index contributed by atoms with van der Waals surface area (Å²) in [5.41, 5.74) is -0.499. The molecule has 0 aliphatic carbocycles. The van der Waals surface area contributed by atoms with Gasteiger partial charge in [-0.05, 0) is 6.92 Å². The minimum Gasteiger partial charge on any atom is -0.461 e. The van der Waals surface area contributed by atoms with Crippen molar-refractivity contribution in [3.05, 3.63) is 12.0 Å². The lowest BCUT2D eigenvalue weighted by Crippen LogP contribution is -2.19. The van der Waals surface area contributed by atoms with E-state index < -0.39 is 18.7 Å². The third kappa shape index (κ3) is 2.77. The summed E-state index contributed by atoms with van der Waals surface area (Å²) >= 11 is 0. The molecular formula is C9H8F3N5O2. The van der Waals surface area contributed by atoms with Crippen molar-refractivity contribution in [2.45, 2.75) is 19.6 Å². The van der Waals surface area contributed by atoms with Gasteiger partial charge in [-0.3, -0.25) is 0 Å². The van der Waals surface area contributed by atoms with Crippen LogP contribution >= 0.6 is 0 Å². The van der Waals surface area contributed by atoms with Crippen molar-refractivity contribution in [3.63, 3.8) is 0 Å². The van der Waals surface area contributed by atoms with E-state index in [0.717, 1.165) is 6.33 Å². The van der Waals surface area contributed by atoms with Crippen LogP contribution in [0.5, 0.6) is 0 Å². The van der Waals surface area contributed by atoms with E-state index >= 15 is 0 Å². The van der Waals surface area contributed by atoms with Gasteiger partial charge in [0.25, 0.3) is 0 Å². The summed E-state index contributed by atoms with van der Waals surface area (Å²) in [4.78, 5) is 18.8. The van der Waals surface area contributed by atoms with Crippen LogP contribution in [0.25, 0.3) is 11.2 Å². The van der Waals surface area contributed by atoms with Gasteiger partial charge in [0, 0.05) is 0 Å². The van der Waals surface area contributed by atoms with Gasteiger partial charge in [0.1, 0.15) is 12.9 Å². The lowest BCUT2D eigenvalue weighted by Gasteiger charge is -2.05. The van der Waals surface area contributed by atoms with E-state index in [1.165, 1.54) is 0 Å². The number of alkyl halides is 3. The van der Waals surface area contributed by atoms with Crippen molar-refractivity contribution in [2.75, 3.05) is 6.61 Å². The molecule has 0 radical (unpaired) electrons. The molecular weight excluding hydrogens is 267 g/mol. The minimum absolute atomic E-state index is 0.112. The highest BCUT2D eigenvalue weighted by Gasteiger charge is 2.30. The third-order valence-electron chi connectivity index (χ3n) is 2.10. The number of hydrogen-bond acceptors (Lipinski definition) is 6. The maximum absolute atomic E-state index is 12.3. The Hall–Kier alpha value is -2.26. The number of halogens is 3. The number of fused-ring (bicyclic) bond motifs is 1. The van der Waals surface area contributed by atoms with Gasteiger partial charge >= 0.3 is 12.1 Å². The summed E-state index contributed by atoms with van der Waals surface area (Å²) < 4.78 is 42.2. The van der Waals surface area contributed by atoms with Crippen molar-refractivity contribution in [3.8, 4) is 0 Å². The van der Waals surface area contributed by atoms with E-state index in [4.69, 9.17) is 4.74 Å². The van der Waals surface area contributed by atoms with Crippen LogP contribution in [-0.2, 0) is 11.3 Å². The van der Waals surface area contributed by atoms with Crippen LogP contribution < -0.4 is 0 Å². The van der Waals surface area contributed by atoms with E-state index in [9.17, 15) is 18.0 Å². The summed E-state index contributed by atoms with van der Waals surface area (Å²) in [7, 11) is 0. The van der Waals surface area contributed by atoms with Crippen LogP contribution in [0.1, 0.15) is 17.4 Å². The van der Waals surface area contributed by atoms with Gasteiger partial charge in [-0.25, -0.2) is 19.4 Å². The van der Waals surface area contributed by atoms with Crippen LogP contribution in [0, 0.1) is 0 Å². The minimum atomic E-state index is -4.46.